The van der Waals surface area contributed by atoms with E-state index in [1.54, 1.807) is 0 Å². The smallest absolute Gasteiger partial charge is 0.0488 e. The number of nitrogens with one attached hydrogen (secondary N) is 1. The first kappa shape index (κ1) is 11.4. The van der Waals surface area contributed by atoms with Crippen LogP contribution in [0.2, 0.25) is 0 Å². The Morgan fingerprint density at radius 2 is 2.07 bits per heavy atom. The van der Waals surface area contributed by atoms with Gasteiger partial charge in [0, 0.05) is 25.8 Å². The third kappa shape index (κ3) is 4.12. The van der Waals surface area contributed by atoms with Crippen molar-refractivity contribution in [1.82, 2.24) is 5.32 Å². The molecule has 0 bridgehead atoms. The molecule has 2 fully saturated rings. The van der Waals surface area contributed by atoms with E-state index in [-0.39, 0.29) is 0 Å². The van der Waals surface area contributed by atoms with Gasteiger partial charge >= 0.3 is 0 Å². The zero-order valence-electron chi connectivity index (χ0n) is 10.2. The first-order valence-electron chi connectivity index (χ1n) is 6.51. The van der Waals surface area contributed by atoms with Crippen LogP contribution >= 0.6 is 0 Å². The molecule has 0 saturated heterocycles. The third-order valence-electron chi connectivity index (χ3n) is 3.53. The number of rotatable bonds is 8. The molecule has 0 aromatic heterocycles. The highest BCUT2D eigenvalue weighted by Gasteiger charge is 2.42. The minimum absolute atomic E-state index is 0.625. The monoisotopic (exact) mass is 211 g/mol. The van der Waals surface area contributed by atoms with Crippen LogP contribution in [-0.4, -0.2) is 25.8 Å². The maximum absolute atomic E-state index is 5.67. The van der Waals surface area contributed by atoms with Crippen molar-refractivity contribution in [2.24, 2.45) is 11.3 Å². The Labute approximate surface area is 93.8 Å². The quantitative estimate of drug-likeness (QED) is 0.623. The summed E-state index contributed by atoms with van der Waals surface area (Å²) >= 11 is 0. The van der Waals surface area contributed by atoms with Gasteiger partial charge in [-0.2, -0.15) is 0 Å². The molecule has 0 aliphatic heterocycles. The molecule has 0 heterocycles. The Morgan fingerprint density at radius 3 is 2.60 bits per heavy atom. The van der Waals surface area contributed by atoms with E-state index in [9.17, 15) is 0 Å². The normalized spacial score (nSPS) is 23.4. The first-order valence-corrected chi connectivity index (χ1v) is 6.51. The van der Waals surface area contributed by atoms with Crippen LogP contribution in [0.1, 0.15) is 46.0 Å². The van der Waals surface area contributed by atoms with Crippen molar-refractivity contribution in [3.05, 3.63) is 0 Å². The van der Waals surface area contributed by atoms with Crippen LogP contribution in [0.4, 0.5) is 0 Å². The maximum Gasteiger partial charge on any atom is 0.0488 e. The largest absolute Gasteiger partial charge is 0.381 e. The van der Waals surface area contributed by atoms with Crippen molar-refractivity contribution in [1.29, 1.82) is 0 Å². The number of hydrogen-bond acceptors (Lipinski definition) is 2. The topological polar surface area (TPSA) is 21.3 Å². The van der Waals surface area contributed by atoms with Gasteiger partial charge in [0.2, 0.25) is 0 Å². The standard InChI is InChI=1S/C13H25NO/c1-11(2)9-15-8-7-13(5-6-13)10-14-12-3-4-12/h11-12,14H,3-10H2,1-2H3. The molecule has 2 aliphatic carbocycles. The van der Waals surface area contributed by atoms with E-state index in [4.69, 9.17) is 4.74 Å². The van der Waals surface area contributed by atoms with Gasteiger partial charge in [0.05, 0.1) is 0 Å². The van der Waals surface area contributed by atoms with Gasteiger partial charge in [-0.05, 0) is 43.4 Å². The minimum atomic E-state index is 0.625. The Balaban J connectivity index is 1.52. The van der Waals surface area contributed by atoms with Gasteiger partial charge in [-0.1, -0.05) is 13.8 Å². The van der Waals surface area contributed by atoms with Gasteiger partial charge in [-0.15, -0.1) is 0 Å². The molecule has 2 rings (SSSR count). The van der Waals surface area contributed by atoms with Crippen molar-refractivity contribution in [2.45, 2.75) is 52.0 Å². The van der Waals surface area contributed by atoms with Crippen LogP contribution in [0.15, 0.2) is 0 Å². The summed E-state index contributed by atoms with van der Waals surface area (Å²) < 4.78 is 5.67. The molecule has 2 aliphatic rings. The molecule has 2 saturated carbocycles. The molecule has 0 atom stereocenters. The second-order valence-electron chi connectivity index (χ2n) is 5.87. The predicted octanol–water partition coefficient (Wildman–Crippen LogP) is 2.58. The molecule has 0 aromatic rings. The van der Waals surface area contributed by atoms with E-state index >= 15 is 0 Å². The second kappa shape index (κ2) is 4.84. The average molecular weight is 211 g/mol. The predicted molar refractivity (Wildman–Crippen MR) is 63.0 cm³/mol. The fraction of sp³-hybridized carbons (Fsp3) is 1.00. The molecule has 0 aromatic carbocycles. The Bertz CT molecular complexity index is 195. The van der Waals surface area contributed by atoms with Gasteiger partial charge < -0.3 is 10.1 Å². The lowest BCUT2D eigenvalue weighted by Crippen LogP contribution is -2.26. The summed E-state index contributed by atoms with van der Waals surface area (Å²) in [6.07, 6.45) is 6.90. The molecule has 0 radical (unpaired) electrons. The highest BCUT2D eigenvalue weighted by atomic mass is 16.5. The SMILES string of the molecule is CC(C)COCCC1(CNC2CC2)CC1. The highest BCUT2D eigenvalue weighted by Crippen LogP contribution is 2.48. The maximum atomic E-state index is 5.67. The van der Waals surface area contributed by atoms with Crippen LogP contribution in [0.5, 0.6) is 0 Å². The van der Waals surface area contributed by atoms with Crippen molar-refractivity contribution in [3.63, 3.8) is 0 Å². The van der Waals surface area contributed by atoms with E-state index in [2.05, 4.69) is 19.2 Å². The summed E-state index contributed by atoms with van der Waals surface area (Å²) in [7, 11) is 0. The fourth-order valence-corrected chi connectivity index (χ4v) is 1.95. The van der Waals surface area contributed by atoms with E-state index in [0.717, 1.165) is 19.3 Å². The van der Waals surface area contributed by atoms with Crippen LogP contribution in [0, 0.1) is 11.3 Å². The van der Waals surface area contributed by atoms with Crippen molar-refractivity contribution in [2.75, 3.05) is 19.8 Å². The lowest BCUT2D eigenvalue weighted by atomic mass is 10.0. The third-order valence-corrected chi connectivity index (χ3v) is 3.53. The minimum Gasteiger partial charge on any atom is -0.381 e. The van der Waals surface area contributed by atoms with Gasteiger partial charge in [0.1, 0.15) is 0 Å². The van der Waals surface area contributed by atoms with Crippen LogP contribution in [-0.2, 0) is 4.74 Å². The first-order chi connectivity index (χ1) is 7.20. The summed E-state index contributed by atoms with van der Waals surface area (Å²) in [6, 6.07) is 0.860. The molecule has 0 unspecified atom stereocenters. The number of ether oxygens (including phenoxy) is 1. The Hall–Kier alpha value is -0.0800. The van der Waals surface area contributed by atoms with Gasteiger partial charge in [0.25, 0.3) is 0 Å². The lowest BCUT2D eigenvalue weighted by molar-refractivity contribution is 0.0947. The van der Waals surface area contributed by atoms with E-state index in [0.29, 0.717) is 11.3 Å². The molecular formula is C13H25NO. The zero-order valence-corrected chi connectivity index (χ0v) is 10.2. The van der Waals surface area contributed by atoms with Gasteiger partial charge in [-0.3, -0.25) is 0 Å². The van der Waals surface area contributed by atoms with E-state index in [1.807, 2.05) is 0 Å². The second-order valence-corrected chi connectivity index (χ2v) is 5.87. The molecular weight excluding hydrogens is 186 g/mol. The summed E-state index contributed by atoms with van der Waals surface area (Å²) in [5, 5.41) is 3.65. The van der Waals surface area contributed by atoms with Crippen molar-refractivity contribution < 1.29 is 4.74 Å². The van der Waals surface area contributed by atoms with Gasteiger partial charge in [-0.25, -0.2) is 0 Å². The van der Waals surface area contributed by atoms with E-state index in [1.165, 1.54) is 38.6 Å². The average Bonchev–Trinajstić information content (AvgIpc) is 3.05. The van der Waals surface area contributed by atoms with E-state index < -0.39 is 0 Å². The summed E-state index contributed by atoms with van der Waals surface area (Å²) in [4.78, 5) is 0. The molecule has 15 heavy (non-hydrogen) atoms. The van der Waals surface area contributed by atoms with Crippen molar-refractivity contribution in [3.8, 4) is 0 Å². The highest BCUT2D eigenvalue weighted by molar-refractivity contribution is 4.96. The summed E-state index contributed by atoms with van der Waals surface area (Å²) in [5.41, 5.74) is 0.625. The van der Waals surface area contributed by atoms with Crippen LogP contribution < -0.4 is 5.32 Å². The molecule has 0 amide bonds. The number of hydrogen-bond donors (Lipinski definition) is 1. The van der Waals surface area contributed by atoms with Crippen LogP contribution in [0.3, 0.4) is 0 Å². The van der Waals surface area contributed by atoms with Crippen LogP contribution in [0.25, 0.3) is 0 Å². The summed E-state index contributed by atoms with van der Waals surface area (Å²) in [6.45, 7) is 7.54. The molecule has 88 valence electrons. The Kier molecular flexibility index (Phi) is 3.68. The molecule has 2 heteroatoms. The lowest BCUT2D eigenvalue weighted by Gasteiger charge is -2.16. The molecule has 0 spiro atoms. The Morgan fingerprint density at radius 1 is 1.33 bits per heavy atom. The van der Waals surface area contributed by atoms with Crippen molar-refractivity contribution >= 4 is 0 Å². The molecule has 2 nitrogen and oxygen atoms in total. The van der Waals surface area contributed by atoms with Gasteiger partial charge in [0.15, 0.2) is 0 Å². The fourth-order valence-electron chi connectivity index (χ4n) is 1.95. The zero-order chi connectivity index (χ0) is 10.7. The summed E-state index contributed by atoms with van der Waals surface area (Å²) in [5.74, 6) is 0.671. The molecule has 1 N–H and O–H groups in total.